The topological polar surface area (TPSA) is 60.4 Å². The minimum atomic E-state index is -4.73. The molecule has 1 saturated heterocycles. The van der Waals surface area contributed by atoms with E-state index >= 15 is 0 Å². The average molecular weight is 478 g/mol. The number of ether oxygens (including phenoxy) is 2. The fourth-order valence-electron chi connectivity index (χ4n) is 3.84. The number of alkyl halides is 3. The molecule has 3 heterocycles. The molecule has 0 spiro atoms. The first-order valence-corrected chi connectivity index (χ1v) is 11.0. The van der Waals surface area contributed by atoms with Crippen LogP contribution >= 0.6 is 0 Å². The van der Waals surface area contributed by atoms with Gasteiger partial charge in [-0.15, -0.1) is 13.2 Å². The van der Waals surface area contributed by atoms with Crippen LogP contribution in [0.1, 0.15) is 0 Å². The predicted octanol–water partition coefficient (Wildman–Crippen LogP) is 5.61. The zero-order chi connectivity index (χ0) is 24.3. The molecule has 0 aliphatic carbocycles. The van der Waals surface area contributed by atoms with Crippen LogP contribution in [-0.4, -0.2) is 47.6 Å². The SMILES string of the molecule is FC(F)(F)Oc1ccc(-c2cncc(-c3cc(N4CCOCC4)nc(-c4ccccc4)n3)c2)cc1. The second kappa shape index (κ2) is 9.71. The summed E-state index contributed by atoms with van der Waals surface area (Å²) >= 11 is 0. The number of rotatable bonds is 5. The van der Waals surface area contributed by atoms with Gasteiger partial charge in [0.2, 0.25) is 0 Å². The van der Waals surface area contributed by atoms with Crippen LogP contribution in [0.2, 0.25) is 0 Å². The first kappa shape index (κ1) is 22.8. The monoisotopic (exact) mass is 478 g/mol. The molecule has 6 nitrogen and oxygen atoms in total. The van der Waals surface area contributed by atoms with E-state index in [9.17, 15) is 13.2 Å². The third-order valence-corrected chi connectivity index (χ3v) is 5.53. The van der Waals surface area contributed by atoms with Gasteiger partial charge in [0, 0.05) is 48.2 Å². The van der Waals surface area contributed by atoms with Crippen LogP contribution in [0.5, 0.6) is 5.75 Å². The molecule has 1 aliphatic heterocycles. The van der Waals surface area contributed by atoms with Crippen molar-refractivity contribution >= 4 is 5.82 Å². The second-order valence-electron chi connectivity index (χ2n) is 7.93. The van der Waals surface area contributed by atoms with Crippen molar-refractivity contribution in [2.75, 3.05) is 31.2 Å². The van der Waals surface area contributed by atoms with Gasteiger partial charge >= 0.3 is 6.36 Å². The van der Waals surface area contributed by atoms with E-state index in [4.69, 9.17) is 14.7 Å². The third kappa shape index (κ3) is 5.58. The molecule has 0 amide bonds. The summed E-state index contributed by atoms with van der Waals surface area (Å²) in [6.07, 6.45) is -1.36. The molecule has 5 rings (SSSR count). The summed E-state index contributed by atoms with van der Waals surface area (Å²) in [7, 11) is 0. The molecule has 35 heavy (non-hydrogen) atoms. The van der Waals surface area contributed by atoms with E-state index in [1.165, 1.54) is 12.1 Å². The fraction of sp³-hybridized carbons (Fsp3) is 0.192. The molecule has 178 valence electrons. The van der Waals surface area contributed by atoms with Crippen molar-refractivity contribution in [1.29, 1.82) is 0 Å². The molecule has 0 radical (unpaired) electrons. The molecule has 9 heteroatoms. The average Bonchev–Trinajstić information content (AvgIpc) is 2.89. The van der Waals surface area contributed by atoms with Crippen molar-refractivity contribution in [2.24, 2.45) is 0 Å². The van der Waals surface area contributed by atoms with E-state index in [-0.39, 0.29) is 5.75 Å². The Morgan fingerprint density at radius 2 is 1.49 bits per heavy atom. The summed E-state index contributed by atoms with van der Waals surface area (Å²) in [5, 5.41) is 0. The van der Waals surface area contributed by atoms with E-state index in [1.54, 1.807) is 24.5 Å². The van der Waals surface area contributed by atoms with Crippen LogP contribution < -0.4 is 9.64 Å². The van der Waals surface area contributed by atoms with Crippen molar-refractivity contribution in [3.63, 3.8) is 0 Å². The Labute approximate surface area is 200 Å². The molecule has 0 atom stereocenters. The van der Waals surface area contributed by atoms with Gasteiger partial charge in [-0.2, -0.15) is 0 Å². The summed E-state index contributed by atoms with van der Waals surface area (Å²) < 4.78 is 46.9. The van der Waals surface area contributed by atoms with Crippen molar-refractivity contribution < 1.29 is 22.6 Å². The summed E-state index contributed by atoms with van der Waals surface area (Å²) in [5.74, 6) is 1.13. The van der Waals surface area contributed by atoms with Crippen LogP contribution in [-0.2, 0) is 4.74 Å². The third-order valence-electron chi connectivity index (χ3n) is 5.53. The van der Waals surface area contributed by atoms with Gasteiger partial charge in [0.25, 0.3) is 0 Å². The van der Waals surface area contributed by atoms with Crippen molar-refractivity contribution in [3.8, 4) is 39.5 Å². The Hall–Kier alpha value is -3.98. The summed E-state index contributed by atoms with van der Waals surface area (Å²) in [4.78, 5) is 16.1. The number of anilines is 1. The number of nitrogens with zero attached hydrogens (tertiary/aromatic N) is 4. The first-order valence-electron chi connectivity index (χ1n) is 11.0. The maximum absolute atomic E-state index is 12.5. The van der Waals surface area contributed by atoms with E-state index in [0.717, 1.165) is 35.6 Å². The molecule has 0 saturated carbocycles. The highest BCUT2D eigenvalue weighted by atomic mass is 19.4. The fourth-order valence-corrected chi connectivity index (χ4v) is 3.84. The van der Waals surface area contributed by atoms with Crippen LogP contribution in [0.4, 0.5) is 19.0 Å². The van der Waals surface area contributed by atoms with Crippen LogP contribution in [0.25, 0.3) is 33.8 Å². The number of benzene rings is 2. The smallest absolute Gasteiger partial charge is 0.406 e. The molecular weight excluding hydrogens is 457 g/mol. The van der Waals surface area contributed by atoms with Gasteiger partial charge < -0.3 is 14.4 Å². The number of pyridine rings is 1. The molecule has 2 aromatic carbocycles. The van der Waals surface area contributed by atoms with Crippen molar-refractivity contribution in [1.82, 2.24) is 15.0 Å². The highest BCUT2D eigenvalue weighted by Crippen LogP contribution is 2.30. The van der Waals surface area contributed by atoms with Crippen LogP contribution in [0, 0.1) is 0 Å². The van der Waals surface area contributed by atoms with E-state index in [0.29, 0.717) is 30.3 Å². The van der Waals surface area contributed by atoms with E-state index in [2.05, 4.69) is 14.6 Å². The maximum atomic E-state index is 12.5. The summed E-state index contributed by atoms with van der Waals surface area (Å²) in [6, 6.07) is 19.3. The molecule has 2 aromatic heterocycles. The Balaban J connectivity index is 1.51. The van der Waals surface area contributed by atoms with E-state index < -0.39 is 6.36 Å². The van der Waals surface area contributed by atoms with Gasteiger partial charge in [-0.25, -0.2) is 9.97 Å². The first-order chi connectivity index (χ1) is 16.9. The Kier molecular flexibility index (Phi) is 6.33. The molecule has 1 fully saturated rings. The quantitative estimate of drug-likeness (QED) is 0.372. The lowest BCUT2D eigenvalue weighted by molar-refractivity contribution is -0.274. The van der Waals surface area contributed by atoms with E-state index in [1.807, 2.05) is 42.5 Å². The second-order valence-corrected chi connectivity index (χ2v) is 7.93. The predicted molar refractivity (Wildman–Crippen MR) is 126 cm³/mol. The maximum Gasteiger partial charge on any atom is 0.573 e. The van der Waals surface area contributed by atoms with Gasteiger partial charge in [0.1, 0.15) is 11.6 Å². The molecule has 0 N–H and O–H groups in total. The molecular formula is C26H21F3N4O2. The Morgan fingerprint density at radius 1 is 0.771 bits per heavy atom. The number of hydrogen-bond acceptors (Lipinski definition) is 6. The van der Waals surface area contributed by atoms with Crippen LogP contribution in [0.15, 0.2) is 79.1 Å². The van der Waals surface area contributed by atoms with Crippen LogP contribution in [0.3, 0.4) is 0 Å². The lowest BCUT2D eigenvalue weighted by Gasteiger charge is -2.28. The zero-order valence-electron chi connectivity index (χ0n) is 18.6. The number of aromatic nitrogens is 3. The molecule has 0 bridgehead atoms. The summed E-state index contributed by atoms with van der Waals surface area (Å²) in [6.45, 7) is 2.72. The Morgan fingerprint density at radius 3 is 2.20 bits per heavy atom. The molecule has 1 aliphatic rings. The largest absolute Gasteiger partial charge is 0.573 e. The highest BCUT2D eigenvalue weighted by Gasteiger charge is 2.31. The standard InChI is InChI=1S/C26H21F3N4O2/c27-26(28,29)35-22-8-6-18(7-9-22)20-14-21(17-30-16-20)23-15-24(33-10-12-34-13-11-33)32-25(31-23)19-4-2-1-3-5-19/h1-9,14-17H,10-13H2. The number of halogens is 3. The van der Waals surface area contributed by atoms with Gasteiger partial charge in [-0.1, -0.05) is 42.5 Å². The van der Waals surface area contributed by atoms with Crippen molar-refractivity contribution in [3.05, 3.63) is 79.1 Å². The lowest BCUT2D eigenvalue weighted by atomic mass is 10.0. The van der Waals surface area contributed by atoms with Gasteiger partial charge in [-0.05, 0) is 23.8 Å². The molecule has 4 aromatic rings. The normalized spacial score (nSPS) is 14.1. The zero-order valence-corrected chi connectivity index (χ0v) is 18.6. The highest BCUT2D eigenvalue weighted by molar-refractivity contribution is 5.73. The lowest BCUT2D eigenvalue weighted by Crippen LogP contribution is -2.36. The minimum Gasteiger partial charge on any atom is -0.406 e. The Bertz CT molecular complexity index is 1290. The van der Waals surface area contributed by atoms with Gasteiger partial charge in [0.05, 0.1) is 18.9 Å². The molecule has 0 unspecified atom stereocenters. The minimum absolute atomic E-state index is 0.274. The van der Waals surface area contributed by atoms with Gasteiger partial charge in [-0.3, -0.25) is 4.98 Å². The summed E-state index contributed by atoms with van der Waals surface area (Å²) in [5.41, 5.74) is 3.82. The number of morpholine rings is 1. The number of hydrogen-bond donors (Lipinski definition) is 0. The van der Waals surface area contributed by atoms with Crippen molar-refractivity contribution in [2.45, 2.75) is 6.36 Å². The van der Waals surface area contributed by atoms with Gasteiger partial charge in [0.15, 0.2) is 5.82 Å².